The van der Waals surface area contributed by atoms with Crippen molar-refractivity contribution in [2.75, 3.05) is 11.9 Å². The number of carbonyl (C=O) groups is 1. The van der Waals surface area contributed by atoms with E-state index in [1.807, 2.05) is 62.0 Å². The second-order valence-corrected chi connectivity index (χ2v) is 6.88. The molecule has 1 aromatic heterocycles. The predicted molar refractivity (Wildman–Crippen MR) is 112 cm³/mol. The number of amides is 1. The van der Waals surface area contributed by atoms with Gasteiger partial charge in [-0.1, -0.05) is 37.1 Å². The molecule has 1 heterocycles. The van der Waals surface area contributed by atoms with Crippen molar-refractivity contribution in [3.8, 4) is 5.75 Å². The van der Waals surface area contributed by atoms with E-state index in [9.17, 15) is 4.79 Å². The minimum atomic E-state index is -0.129. The fraction of sp³-hybridized carbons (Fsp3) is 0.304. The molecule has 0 saturated carbocycles. The third kappa shape index (κ3) is 5.98. The monoisotopic (exact) mass is 377 g/mol. The standard InChI is InChI=1S/C23H27N3O2/c1-19-11-12-22(21(17-19)25-23(27)20-9-5-4-6-10-20)28-16-8-3-2-7-14-26-15-13-24-18-26/h4-6,9-13,15,17-18H,2-3,7-8,14,16H2,1H3,(H,25,27). The quantitative estimate of drug-likeness (QED) is 0.501. The van der Waals surface area contributed by atoms with E-state index in [2.05, 4.69) is 14.9 Å². The Balaban J connectivity index is 1.45. The van der Waals surface area contributed by atoms with Crippen LogP contribution in [0.1, 0.15) is 41.6 Å². The number of unbranched alkanes of at least 4 members (excludes halogenated alkanes) is 3. The van der Waals surface area contributed by atoms with Gasteiger partial charge in [-0.2, -0.15) is 0 Å². The van der Waals surface area contributed by atoms with E-state index >= 15 is 0 Å². The number of nitrogens with one attached hydrogen (secondary N) is 1. The van der Waals surface area contributed by atoms with Gasteiger partial charge in [0.2, 0.25) is 0 Å². The number of nitrogens with zero attached hydrogens (tertiary/aromatic N) is 2. The van der Waals surface area contributed by atoms with Crippen LogP contribution >= 0.6 is 0 Å². The van der Waals surface area contributed by atoms with E-state index in [0.29, 0.717) is 23.6 Å². The van der Waals surface area contributed by atoms with Gasteiger partial charge in [0, 0.05) is 24.5 Å². The summed E-state index contributed by atoms with van der Waals surface area (Å²) in [6.07, 6.45) is 10.1. The van der Waals surface area contributed by atoms with Gasteiger partial charge in [0.05, 0.1) is 18.6 Å². The van der Waals surface area contributed by atoms with Crippen LogP contribution < -0.4 is 10.1 Å². The highest BCUT2D eigenvalue weighted by Crippen LogP contribution is 2.26. The molecule has 3 aromatic rings. The van der Waals surface area contributed by atoms with Crippen LogP contribution in [0, 0.1) is 6.92 Å². The minimum absolute atomic E-state index is 0.129. The summed E-state index contributed by atoms with van der Waals surface area (Å²) in [5, 5.41) is 2.97. The van der Waals surface area contributed by atoms with Gasteiger partial charge < -0.3 is 14.6 Å². The third-order valence-electron chi connectivity index (χ3n) is 4.55. The van der Waals surface area contributed by atoms with Gasteiger partial charge in [-0.05, 0) is 49.6 Å². The second-order valence-electron chi connectivity index (χ2n) is 6.88. The van der Waals surface area contributed by atoms with Crippen LogP contribution in [0.2, 0.25) is 0 Å². The van der Waals surface area contributed by atoms with Crippen molar-refractivity contribution in [1.82, 2.24) is 9.55 Å². The summed E-state index contributed by atoms with van der Waals surface area (Å²) in [6.45, 7) is 3.65. The first kappa shape index (κ1) is 19.7. The number of imidazole rings is 1. The van der Waals surface area contributed by atoms with E-state index in [-0.39, 0.29) is 5.91 Å². The van der Waals surface area contributed by atoms with Crippen LogP contribution in [0.3, 0.4) is 0 Å². The maximum absolute atomic E-state index is 12.5. The summed E-state index contributed by atoms with van der Waals surface area (Å²) >= 11 is 0. The number of aromatic nitrogens is 2. The van der Waals surface area contributed by atoms with Gasteiger partial charge in [-0.25, -0.2) is 4.98 Å². The summed E-state index contributed by atoms with van der Waals surface area (Å²) < 4.78 is 8.05. The zero-order valence-corrected chi connectivity index (χ0v) is 16.3. The number of ether oxygens (including phenoxy) is 1. The fourth-order valence-electron chi connectivity index (χ4n) is 3.00. The molecule has 1 amide bonds. The predicted octanol–water partition coefficient (Wildman–Crippen LogP) is 5.08. The van der Waals surface area contributed by atoms with Gasteiger partial charge in [0.25, 0.3) is 5.91 Å². The van der Waals surface area contributed by atoms with Crippen molar-refractivity contribution in [2.45, 2.75) is 39.2 Å². The molecule has 0 aliphatic heterocycles. The zero-order valence-electron chi connectivity index (χ0n) is 16.3. The second kappa shape index (κ2) is 10.3. The third-order valence-corrected chi connectivity index (χ3v) is 4.55. The van der Waals surface area contributed by atoms with Crippen molar-refractivity contribution in [2.24, 2.45) is 0 Å². The average molecular weight is 377 g/mol. The van der Waals surface area contributed by atoms with Crippen molar-refractivity contribution in [3.63, 3.8) is 0 Å². The molecule has 5 heteroatoms. The molecule has 146 valence electrons. The van der Waals surface area contributed by atoms with Crippen molar-refractivity contribution < 1.29 is 9.53 Å². The summed E-state index contributed by atoms with van der Waals surface area (Å²) in [7, 11) is 0. The Labute approximate surface area is 166 Å². The summed E-state index contributed by atoms with van der Waals surface area (Å²) in [5.74, 6) is 0.587. The molecule has 0 radical (unpaired) electrons. The Hall–Kier alpha value is -3.08. The highest BCUT2D eigenvalue weighted by Gasteiger charge is 2.10. The van der Waals surface area contributed by atoms with Gasteiger partial charge in [-0.15, -0.1) is 0 Å². The number of hydrogen-bond donors (Lipinski definition) is 1. The van der Waals surface area contributed by atoms with Crippen molar-refractivity contribution in [1.29, 1.82) is 0 Å². The maximum atomic E-state index is 12.5. The SMILES string of the molecule is Cc1ccc(OCCCCCCn2ccnc2)c(NC(=O)c2ccccc2)c1. The smallest absolute Gasteiger partial charge is 0.255 e. The first-order valence-electron chi connectivity index (χ1n) is 9.78. The van der Waals surface area contributed by atoms with Crippen LogP contribution in [-0.2, 0) is 6.54 Å². The average Bonchev–Trinajstić information content (AvgIpc) is 3.23. The Morgan fingerprint density at radius 2 is 1.89 bits per heavy atom. The van der Waals surface area contributed by atoms with Crippen LogP contribution in [0.25, 0.3) is 0 Å². The minimum Gasteiger partial charge on any atom is -0.491 e. The van der Waals surface area contributed by atoms with Crippen LogP contribution in [0.5, 0.6) is 5.75 Å². The number of benzene rings is 2. The molecule has 3 rings (SSSR count). The molecule has 0 spiro atoms. The number of rotatable bonds is 10. The Bertz CT molecular complexity index is 861. The lowest BCUT2D eigenvalue weighted by molar-refractivity contribution is 0.102. The number of hydrogen-bond acceptors (Lipinski definition) is 3. The summed E-state index contributed by atoms with van der Waals surface area (Å²) in [5.41, 5.74) is 2.43. The molecular weight excluding hydrogens is 350 g/mol. The lowest BCUT2D eigenvalue weighted by atomic mass is 10.1. The van der Waals surface area contributed by atoms with E-state index in [1.54, 1.807) is 12.1 Å². The molecule has 0 atom stereocenters. The van der Waals surface area contributed by atoms with Gasteiger partial charge >= 0.3 is 0 Å². The van der Waals surface area contributed by atoms with Crippen molar-refractivity contribution >= 4 is 11.6 Å². The summed E-state index contributed by atoms with van der Waals surface area (Å²) in [6, 6.07) is 15.1. The van der Waals surface area contributed by atoms with Gasteiger partial charge in [0.1, 0.15) is 5.75 Å². The zero-order chi connectivity index (χ0) is 19.6. The number of carbonyl (C=O) groups excluding carboxylic acids is 1. The topological polar surface area (TPSA) is 56.1 Å². The summed E-state index contributed by atoms with van der Waals surface area (Å²) in [4.78, 5) is 16.5. The van der Waals surface area contributed by atoms with E-state index in [4.69, 9.17) is 4.74 Å². The van der Waals surface area contributed by atoms with Crippen LogP contribution in [0.4, 0.5) is 5.69 Å². The molecule has 0 aliphatic rings. The molecule has 0 saturated heterocycles. The molecular formula is C23H27N3O2. The molecule has 28 heavy (non-hydrogen) atoms. The van der Waals surface area contributed by atoms with Crippen molar-refractivity contribution in [3.05, 3.63) is 78.4 Å². The maximum Gasteiger partial charge on any atom is 0.255 e. The molecule has 0 bridgehead atoms. The van der Waals surface area contributed by atoms with Crippen LogP contribution in [0.15, 0.2) is 67.3 Å². The Kier molecular flexibility index (Phi) is 7.24. The first-order chi connectivity index (χ1) is 13.7. The van der Waals surface area contributed by atoms with E-state index < -0.39 is 0 Å². The molecule has 1 N–H and O–H groups in total. The highest BCUT2D eigenvalue weighted by atomic mass is 16.5. The first-order valence-corrected chi connectivity index (χ1v) is 9.78. The molecule has 5 nitrogen and oxygen atoms in total. The van der Waals surface area contributed by atoms with Crippen LogP contribution in [-0.4, -0.2) is 22.1 Å². The Morgan fingerprint density at radius 3 is 2.68 bits per heavy atom. The number of aryl methyl sites for hydroxylation is 2. The lowest BCUT2D eigenvalue weighted by Crippen LogP contribution is -2.13. The fourth-order valence-corrected chi connectivity index (χ4v) is 3.00. The molecule has 0 fully saturated rings. The molecule has 2 aromatic carbocycles. The van der Waals surface area contributed by atoms with Gasteiger partial charge in [0.15, 0.2) is 0 Å². The Morgan fingerprint density at radius 1 is 1.07 bits per heavy atom. The van der Waals surface area contributed by atoms with Gasteiger partial charge in [-0.3, -0.25) is 4.79 Å². The molecule has 0 unspecified atom stereocenters. The highest BCUT2D eigenvalue weighted by molar-refractivity contribution is 6.05. The largest absolute Gasteiger partial charge is 0.491 e. The number of anilines is 1. The lowest BCUT2D eigenvalue weighted by Gasteiger charge is -2.13. The van der Waals surface area contributed by atoms with E-state index in [1.165, 1.54) is 0 Å². The normalized spacial score (nSPS) is 10.6. The molecule has 0 aliphatic carbocycles. The van der Waals surface area contributed by atoms with E-state index in [0.717, 1.165) is 37.8 Å².